The SMILES string of the molecule is COCCCNC(=O)C1CCN(C(=O)/C=C/c2ccccc2)CC1. The molecule has 0 bridgehead atoms. The molecule has 1 aromatic rings. The highest BCUT2D eigenvalue weighted by atomic mass is 16.5. The van der Waals surface area contributed by atoms with Gasteiger partial charge in [-0.2, -0.15) is 0 Å². The fourth-order valence-corrected chi connectivity index (χ4v) is 2.77. The van der Waals surface area contributed by atoms with Gasteiger partial charge in [0.1, 0.15) is 0 Å². The first-order valence-corrected chi connectivity index (χ1v) is 8.49. The molecule has 0 unspecified atom stereocenters. The molecule has 0 aromatic heterocycles. The predicted molar refractivity (Wildman–Crippen MR) is 94.3 cm³/mol. The molecule has 1 aliphatic heterocycles. The van der Waals surface area contributed by atoms with E-state index in [4.69, 9.17) is 4.74 Å². The van der Waals surface area contributed by atoms with E-state index < -0.39 is 0 Å². The molecule has 1 aromatic carbocycles. The van der Waals surface area contributed by atoms with Gasteiger partial charge < -0.3 is 15.0 Å². The van der Waals surface area contributed by atoms with Crippen molar-refractivity contribution in [2.75, 3.05) is 33.4 Å². The summed E-state index contributed by atoms with van der Waals surface area (Å²) >= 11 is 0. The molecular formula is C19H26N2O3. The number of nitrogens with zero attached hydrogens (tertiary/aromatic N) is 1. The van der Waals surface area contributed by atoms with E-state index in [1.165, 1.54) is 0 Å². The number of carbonyl (C=O) groups excluding carboxylic acids is 2. The van der Waals surface area contributed by atoms with Crippen LogP contribution in [-0.4, -0.2) is 50.1 Å². The van der Waals surface area contributed by atoms with Crippen LogP contribution in [0, 0.1) is 5.92 Å². The van der Waals surface area contributed by atoms with Crippen LogP contribution in [0.15, 0.2) is 36.4 Å². The summed E-state index contributed by atoms with van der Waals surface area (Å²) in [5.41, 5.74) is 1.01. The van der Waals surface area contributed by atoms with Crippen LogP contribution < -0.4 is 5.32 Å². The van der Waals surface area contributed by atoms with Crippen molar-refractivity contribution in [3.63, 3.8) is 0 Å². The number of rotatable bonds is 7. The molecule has 1 N–H and O–H groups in total. The number of methoxy groups -OCH3 is 1. The number of piperidine rings is 1. The summed E-state index contributed by atoms with van der Waals surface area (Å²) in [6.07, 6.45) is 5.71. The van der Waals surface area contributed by atoms with Crippen LogP contribution in [0.2, 0.25) is 0 Å². The van der Waals surface area contributed by atoms with Crippen molar-refractivity contribution in [3.05, 3.63) is 42.0 Å². The first kappa shape index (κ1) is 18.2. The average molecular weight is 330 g/mol. The van der Waals surface area contributed by atoms with Crippen LogP contribution >= 0.6 is 0 Å². The third-order valence-electron chi connectivity index (χ3n) is 4.22. The van der Waals surface area contributed by atoms with Gasteiger partial charge in [-0.3, -0.25) is 9.59 Å². The molecule has 2 amide bonds. The van der Waals surface area contributed by atoms with Crippen molar-refractivity contribution in [2.24, 2.45) is 5.92 Å². The van der Waals surface area contributed by atoms with Gasteiger partial charge in [-0.1, -0.05) is 30.3 Å². The van der Waals surface area contributed by atoms with Gasteiger partial charge in [0.05, 0.1) is 0 Å². The van der Waals surface area contributed by atoms with Gasteiger partial charge in [0.15, 0.2) is 0 Å². The minimum absolute atomic E-state index is 0.00898. The smallest absolute Gasteiger partial charge is 0.246 e. The molecule has 1 fully saturated rings. The molecule has 1 saturated heterocycles. The molecule has 2 rings (SSSR count). The first-order chi connectivity index (χ1) is 11.7. The van der Waals surface area contributed by atoms with Gasteiger partial charge in [0.2, 0.25) is 11.8 Å². The standard InChI is InChI=1S/C19H26N2O3/c1-24-15-5-12-20-19(23)17-10-13-21(14-11-17)18(22)9-8-16-6-3-2-4-7-16/h2-4,6-9,17H,5,10-15H2,1H3,(H,20,23)/b9-8+. The second kappa shape index (κ2) is 9.88. The van der Waals surface area contributed by atoms with Gasteiger partial charge in [0, 0.05) is 45.3 Å². The van der Waals surface area contributed by atoms with E-state index in [2.05, 4.69) is 5.32 Å². The lowest BCUT2D eigenvalue weighted by Gasteiger charge is -2.30. The highest BCUT2D eigenvalue weighted by molar-refractivity contribution is 5.92. The predicted octanol–water partition coefficient (Wildman–Crippen LogP) is 2.09. The maximum atomic E-state index is 12.2. The molecular weight excluding hydrogens is 304 g/mol. The van der Waals surface area contributed by atoms with Crippen molar-refractivity contribution in [2.45, 2.75) is 19.3 Å². The Balaban J connectivity index is 1.72. The van der Waals surface area contributed by atoms with Crippen LogP contribution in [-0.2, 0) is 14.3 Å². The maximum Gasteiger partial charge on any atom is 0.246 e. The van der Waals surface area contributed by atoms with E-state index in [0.717, 1.165) is 24.8 Å². The quantitative estimate of drug-likeness (QED) is 0.615. The molecule has 5 nitrogen and oxygen atoms in total. The Bertz CT molecular complexity index is 549. The second-order valence-electron chi connectivity index (χ2n) is 5.98. The van der Waals surface area contributed by atoms with Gasteiger partial charge in [-0.15, -0.1) is 0 Å². The molecule has 0 radical (unpaired) electrons. The summed E-state index contributed by atoms with van der Waals surface area (Å²) in [4.78, 5) is 26.1. The molecule has 0 saturated carbocycles. The van der Waals surface area contributed by atoms with E-state index in [-0.39, 0.29) is 17.7 Å². The Morgan fingerprint density at radius 3 is 2.62 bits per heavy atom. The van der Waals surface area contributed by atoms with Gasteiger partial charge in [0.25, 0.3) is 0 Å². The van der Waals surface area contributed by atoms with Crippen LogP contribution in [0.25, 0.3) is 6.08 Å². The number of benzene rings is 1. The van der Waals surface area contributed by atoms with Crippen molar-refractivity contribution in [1.82, 2.24) is 10.2 Å². The summed E-state index contributed by atoms with van der Waals surface area (Å²) in [7, 11) is 1.65. The Morgan fingerprint density at radius 1 is 1.25 bits per heavy atom. The first-order valence-electron chi connectivity index (χ1n) is 8.49. The third kappa shape index (κ3) is 5.81. The van der Waals surface area contributed by atoms with Gasteiger partial charge in [-0.05, 0) is 30.9 Å². The Kier molecular flexibility index (Phi) is 7.49. The average Bonchev–Trinajstić information content (AvgIpc) is 2.64. The zero-order chi connectivity index (χ0) is 17.2. The zero-order valence-electron chi connectivity index (χ0n) is 14.2. The van der Waals surface area contributed by atoms with Crippen LogP contribution in [0.3, 0.4) is 0 Å². The molecule has 5 heteroatoms. The minimum Gasteiger partial charge on any atom is -0.385 e. The minimum atomic E-state index is 0.00898. The Hall–Kier alpha value is -2.14. The largest absolute Gasteiger partial charge is 0.385 e. The van der Waals surface area contributed by atoms with Crippen molar-refractivity contribution in [1.29, 1.82) is 0 Å². The summed E-state index contributed by atoms with van der Waals surface area (Å²) in [5, 5.41) is 2.94. The van der Waals surface area contributed by atoms with Gasteiger partial charge in [-0.25, -0.2) is 0 Å². The molecule has 0 aliphatic carbocycles. The summed E-state index contributed by atoms with van der Waals surface area (Å²) in [5.74, 6) is 0.116. The highest BCUT2D eigenvalue weighted by Crippen LogP contribution is 2.18. The molecule has 24 heavy (non-hydrogen) atoms. The molecule has 0 spiro atoms. The number of amides is 2. The highest BCUT2D eigenvalue weighted by Gasteiger charge is 2.26. The van der Waals surface area contributed by atoms with E-state index in [0.29, 0.717) is 26.2 Å². The molecule has 130 valence electrons. The number of likely N-dealkylation sites (tertiary alicyclic amines) is 1. The van der Waals surface area contributed by atoms with E-state index in [1.807, 2.05) is 41.3 Å². The third-order valence-corrected chi connectivity index (χ3v) is 4.22. The monoisotopic (exact) mass is 330 g/mol. The lowest BCUT2D eigenvalue weighted by Crippen LogP contribution is -2.42. The lowest BCUT2D eigenvalue weighted by atomic mass is 9.96. The summed E-state index contributed by atoms with van der Waals surface area (Å²) in [6.45, 7) is 2.56. The van der Waals surface area contributed by atoms with E-state index >= 15 is 0 Å². The number of hydrogen-bond donors (Lipinski definition) is 1. The normalized spacial score (nSPS) is 15.6. The van der Waals surface area contributed by atoms with Crippen LogP contribution in [0.1, 0.15) is 24.8 Å². The van der Waals surface area contributed by atoms with Crippen LogP contribution in [0.4, 0.5) is 0 Å². The fourth-order valence-electron chi connectivity index (χ4n) is 2.77. The second-order valence-corrected chi connectivity index (χ2v) is 5.98. The molecule has 1 heterocycles. The van der Waals surface area contributed by atoms with Gasteiger partial charge >= 0.3 is 0 Å². The molecule has 0 atom stereocenters. The fraction of sp³-hybridized carbons (Fsp3) is 0.474. The summed E-state index contributed by atoms with van der Waals surface area (Å²) in [6, 6.07) is 9.76. The Morgan fingerprint density at radius 2 is 1.96 bits per heavy atom. The van der Waals surface area contributed by atoms with Crippen molar-refractivity contribution in [3.8, 4) is 0 Å². The van der Waals surface area contributed by atoms with Crippen molar-refractivity contribution >= 4 is 17.9 Å². The number of hydrogen-bond acceptors (Lipinski definition) is 3. The van der Waals surface area contributed by atoms with Crippen LogP contribution in [0.5, 0.6) is 0 Å². The molecule has 1 aliphatic rings. The number of nitrogens with one attached hydrogen (secondary N) is 1. The summed E-state index contributed by atoms with van der Waals surface area (Å²) < 4.78 is 4.96. The zero-order valence-corrected chi connectivity index (χ0v) is 14.2. The number of carbonyl (C=O) groups is 2. The van der Waals surface area contributed by atoms with Crippen molar-refractivity contribution < 1.29 is 14.3 Å². The Labute approximate surface area is 143 Å². The topological polar surface area (TPSA) is 58.6 Å². The maximum absolute atomic E-state index is 12.2. The number of ether oxygens (including phenoxy) is 1. The van der Waals surface area contributed by atoms with E-state index in [1.54, 1.807) is 13.2 Å². The van der Waals surface area contributed by atoms with E-state index in [9.17, 15) is 9.59 Å². The lowest BCUT2D eigenvalue weighted by molar-refractivity contribution is -0.132.